The van der Waals surface area contributed by atoms with Crippen molar-refractivity contribution in [1.29, 1.82) is 0 Å². The number of aromatic nitrogens is 3. The van der Waals surface area contributed by atoms with Gasteiger partial charge in [0.1, 0.15) is 54.4 Å². The molecule has 444 valence electrons. The van der Waals surface area contributed by atoms with E-state index in [0.717, 1.165) is 15.8 Å². The fourth-order valence-corrected chi connectivity index (χ4v) is 9.60. The summed E-state index contributed by atoms with van der Waals surface area (Å²) in [6, 6.07) is 3.76. The van der Waals surface area contributed by atoms with Crippen LogP contribution in [0, 0.1) is 5.92 Å². The van der Waals surface area contributed by atoms with Crippen molar-refractivity contribution in [3.8, 4) is 0 Å². The zero-order chi connectivity index (χ0) is 60.0. The highest BCUT2D eigenvalue weighted by atomic mass is 32.1. The lowest BCUT2D eigenvalue weighted by atomic mass is 10.0. The molecular formula is C54H76N16O10S2. The molecule has 2 aromatic heterocycles. The van der Waals surface area contributed by atoms with Crippen LogP contribution < -0.4 is 59.7 Å². The second-order valence-electron chi connectivity index (χ2n) is 20.3. The maximum Gasteiger partial charge on any atom is 0.325 e. The normalized spacial score (nSPS) is 16.0. The number of amides is 11. The van der Waals surface area contributed by atoms with Gasteiger partial charge in [-0.15, -0.1) is 0 Å². The third-order valence-electron chi connectivity index (χ3n) is 13.5. The van der Waals surface area contributed by atoms with Gasteiger partial charge in [-0.05, 0) is 55.7 Å². The monoisotopic (exact) mass is 1170 g/mol. The molecular weight excluding hydrogens is 1100 g/mol. The number of hydrogen-bond acceptors (Lipinski definition) is 14. The van der Waals surface area contributed by atoms with Crippen LogP contribution in [0.2, 0.25) is 0 Å². The Morgan fingerprint density at radius 1 is 0.659 bits per heavy atom. The number of nitrogens with zero attached hydrogens (tertiary/aromatic N) is 3. The van der Waals surface area contributed by atoms with E-state index >= 15 is 0 Å². The molecule has 82 heavy (non-hydrogen) atoms. The molecule has 1 unspecified atom stereocenters. The molecule has 0 bridgehead atoms. The molecule has 0 aliphatic carbocycles. The van der Waals surface area contributed by atoms with Crippen LogP contribution in [0.15, 0.2) is 78.3 Å². The standard InChI is InChI=1S/C54H76N16O10S2/c1-5-6-18-43(70-52(79)40(20-29(2)3)69-54(70)80)51(78)68-42(27-82)50(77)62-30(4)45(72)64-39(23-33-25-58-28-61-33)49(76)65-37(21-31-13-8-7-9-14-31)47(74)63-36(17-12-19-59-53(56)57)46(73)66-38(48(75)67-41(26-81)44(55)71)22-32-24-60-35-16-11-10-15-34(32)35/h7-11,13-16,24-25,28-30,36-43,60,81-82H,5-6,12,17-23,26-27H2,1-4H3,(H2,55,71)(H,58,61)(H,62,77)(H,63,74)(H,64,72)(H,65,76)(H,66,73)(H,67,75)(H,68,78)(H,69,80)(H4,56,57,59)/t30-,36+,37-,38+,39+,40+,41+,42+,43?/m1/s1. The first kappa shape index (κ1) is 64.7. The zero-order valence-electron chi connectivity index (χ0n) is 46.2. The van der Waals surface area contributed by atoms with Crippen molar-refractivity contribution in [1.82, 2.24) is 62.4 Å². The summed E-state index contributed by atoms with van der Waals surface area (Å²) in [5.74, 6) is -7.66. The highest BCUT2D eigenvalue weighted by molar-refractivity contribution is 7.80. The van der Waals surface area contributed by atoms with Crippen LogP contribution in [0.25, 0.3) is 10.9 Å². The lowest BCUT2D eigenvalue weighted by molar-refractivity contribution is -0.138. The molecule has 1 aliphatic rings. The van der Waals surface area contributed by atoms with Gasteiger partial charge in [0.15, 0.2) is 5.96 Å². The van der Waals surface area contributed by atoms with Gasteiger partial charge in [-0.2, -0.15) is 25.3 Å². The van der Waals surface area contributed by atoms with Crippen molar-refractivity contribution in [3.63, 3.8) is 0 Å². The number of unbranched alkanes of at least 4 members (excludes halogenated alkanes) is 1. The second-order valence-corrected chi connectivity index (χ2v) is 21.1. The average Bonchev–Trinajstić information content (AvgIpc) is 4.25. The minimum absolute atomic E-state index is 0.0466. The maximum atomic E-state index is 14.7. The van der Waals surface area contributed by atoms with Gasteiger partial charge < -0.3 is 69.7 Å². The van der Waals surface area contributed by atoms with Gasteiger partial charge >= 0.3 is 6.03 Å². The predicted octanol–water partition coefficient (Wildman–Crippen LogP) is -0.744. The number of benzene rings is 2. The summed E-state index contributed by atoms with van der Waals surface area (Å²) < 4.78 is 0. The van der Waals surface area contributed by atoms with Gasteiger partial charge in [0.25, 0.3) is 5.91 Å². The van der Waals surface area contributed by atoms with Crippen LogP contribution in [-0.4, -0.2) is 157 Å². The van der Waals surface area contributed by atoms with E-state index < -0.39 is 114 Å². The van der Waals surface area contributed by atoms with Gasteiger partial charge in [-0.25, -0.2) is 14.7 Å². The Kier molecular flexibility index (Phi) is 25.0. The fraction of sp³-hybridized carbons (Fsp3) is 0.481. The van der Waals surface area contributed by atoms with Crippen molar-refractivity contribution in [3.05, 3.63) is 90.1 Å². The SMILES string of the molecule is CCCCC(C(=O)N[C@@H](CS)C(=O)N[C@H](C)C(=O)N[C@@H](Cc1cnc[nH]1)C(=O)N[C@H](Cc1ccccc1)C(=O)N[C@@H](CCCN=C(N)N)C(=O)N[C@@H](Cc1c[nH]c2ccccc12)C(=O)N[C@@H](CS)C(N)=O)N1C(=O)N[C@@H](CC(C)C)C1=O. The number of guanidine groups is 1. The van der Waals surface area contributed by atoms with Crippen LogP contribution in [0.3, 0.4) is 0 Å². The first-order chi connectivity index (χ1) is 39.1. The average molecular weight is 1170 g/mol. The third kappa shape index (κ3) is 19.0. The first-order valence-electron chi connectivity index (χ1n) is 27.0. The molecule has 11 amide bonds. The summed E-state index contributed by atoms with van der Waals surface area (Å²) in [5.41, 5.74) is 19.1. The van der Waals surface area contributed by atoms with Crippen LogP contribution in [0.1, 0.15) is 83.0 Å². The Hall–Kier alpha value is -8.14. The van der Waals surface area contributed by atoms with E-state index in [0.29, 0.717) is 36.1 Å². The lowest BCUT2D eigenvalue weighted by Crippen LogP contribution is -2.61. The number of aromatic amines is 2. The van der Waals surface area contributed by atoms with E-state index in [1.54, 1.807) is 42.6 Å². The number of carbonyl (C=O) groups is 10. The van der Waals surface area contributed by atoms with E-state index in [2.05, 4.69) is 87.7 Å². The highest BCUT2D eigenvalue weighted by Gasteiger charge is 2.45. The van der Waals surface area contributed by atoms with Gasteiger partial charge in [0, 0.05) is 66.3 Å². The van der Waals surface area contributed by atoms with Gasteiger partial charge in [0.05, 0.1) is 6.33 Å². The van der Waals surface area contributed by atoms with Crippen molar-refractivity contribution >= 4 is 101 Å². The molecule has 1 aliphatic heterocycles. The predicted molar refractivity (Wildman–Crippen MR) is 312 cm³/mol. The number of rotatable bonds is 33. The Morgan fingerprint density at radius 2 is 1.23 bits per heavy atom. The van der Waals surface area contributed by atoms with Crippen molar-refractivity contribution in [2.75, 3.05) is 18.1 Å². The number of nitrogens with one attached hydrogen (secondary N) is 10. The number of primary amides is 1. The Balaban J connectivity index is 1.36. The molecule has 0 radical (unpaired) electrons. The fourth-order valence-electron chi connectivity index (χ4n) is 9.07. The second kappa shape index (κ2) is 31.7. The summed E-state index contributed by atoms with van der Waals surface area (Å²) in [6.07, 6.45) is 5.80. The van der Waals surface area contributed by atoms with Crippen molar-refractivity contribution in [2.24, 2.45) is 28.1 Å². The quantitative estimate of drug-likeness (QED) is 0.00920. The number of hydrogen-bond donors (Lipinski definition) is 15. The largest absolute Gasteiger partial charge is 0.370 e. The number of H-pyrrole nitrogens is 2. The molecule has 3 heterocycles. The summed E-state index contributed by atoms with van der Waals surface area (Å²) in [4.78, 5) is 153. The van der Waals surface area contributed by atoms with E-state index in [1.807, 2.05) is 39.0 Å². The third-order valence-corrected chi connectivity index (χ3v) is 14.2. The van der Waals surface area contributed by atoms with Crippen LogP contribution in [0.4, 0.5) is 4.79 Å². The Labute approximate surface area is 485 Å². The van der Waals surface area contributed by atoms with Gasteiger partial charge in [0.2, 0.25) is 47.3 Å². The minimum atomic E-state index is -1.43. The van der Waals surface area contributed by atoms with Crippen molar-refractivity contribution in [2.45, 2.75) is 140 Å². The first-order valence-corrected chi connectivity index (χ1v) is 28.3. The smallest absolute Gasteiger partial charge is 0.325 e. The number of imidazole rings is 1. The summed E-state index contributed by atoms with van der Waals surface area (Å²) in [7, 11) is 0. The topological polar surface area (TPSA) is 405 Å². The molecule has 2 aromatic carbocycles. The number of nitrogens with two attached hydrogens (primary N) is 3. The molecule has 26 nitrogen and oxygen atoms in total. The summed E-state index contributed by atoms with van der Waals surface area (Å²) in [6.45, 7) is 7.07. The van der Waals surface area contributed by atoms with E-state index in [4.69, 9.17) is 17.2 Å². The number of aliphatic imine (C=N–C) groups is 1. The molecule has 0 spiro atoms. The molecule has 16 N–H and O–H groups in total. The zero-order valence-corrected chi connectivity index (χ0v) is 48.0. The Bertz CT molecular complexity index is 2880. The number of imide groups is 1. The minimum Gasteiger partial charge on any atom is -0.370 e. The van der Waals surface area contributed by atoms with Crippen LogP contribution in [0.5, 0.6) is 0 Å². The van der Waals surface area contributed by atoms with E-state index in [9.17, 15) is 47.9 Å². The molecule has 9 atom stereocenters. The molecule has 0 saturated carbocycles. The Morgan fingerprint density at radius 3 is 1.84 bits per heavy atom. The molecule has 28 heteroatoms. The lowest BCUT2D eigenvalue weighted by Gasteiger charge is -2.28. The summed E-state index contributed by atoms with van der Waals surface area (Å²) in [5, 5.41) is 22.0. The van der Waals surface area contributed by atoms with Gasteiger partial charge in [-0.3, -0.25) is 48.1 Å². The number of fused-ring (bicyclic) bond motifs is 1. The molecule has 4 aromatic rings. The van der Waals surface area contributed by atoms with Gasteiger partial charge in [-0.1, -0.05) is 82.1 Å². The summed E-state index contributed by atoms with van der Waals surface area (Å²) >= 11 is 8.44. The van der Waals surface area contributed by atoms with E-state index in [-0.39, 0.29) is 68.5 Å². The van der Waals surface area contributed by atoms with Crippen LogP contribution in [-0.2, 0) is 62.4 Å². The number of carbonyl (C=O) groups excluding carboxylic acids is 10. The maximum absolute atomic E-state index is 14.7. The number of urea groups is 1. The number of para-hydroxylation sites is 1. The molecule has 1 saturated heterocycles. The van der Waals surface area contributed by atoms with Crippen molar-refractivity contribution < 1.29 is 47.9 Å². The highest BCUT2D eigenvalue weighted by Crippen LogP contribution is 2.22. The molecule has 5 rings (SSSR count). The molecule has 1 fully saturated rings. The number of thiol groups is 2. The van der Waals surface area contributed by atoms with Crippen LogP contribution >= 0.6 is 25.3 Å². The van der Waals surface area contributed by atoms with E-state index in [1.165, 1.54) is 19.4 Å².